The molecule has 0 aliphatic rings. The molecule has 12 aromatic heterocycles. The topological polar surface area (TPSA) is 202 Å². The fraction of sp³-hybridized carbons (Fsp3) is 0.456. The molecule has 12 heterocycles. The molecule has 12 rings (SSSR count). The zero-order valence-electron chi connectivity index (χ0n) is 56.3. The quantitative estimate of drug-likeness (QED) is 0.148. The number of nitrogens with zero attached hydrogens (tertiary/aromatic N) is 14. The Morgan fingerprint density at radius 1 is 0.447 bits per heavy atom. The molecule has 3 N–H and O–H groups in total. The molecule has 0 saturated heterocycles. The van der Waals surface area contributed by atoms with Crippen LogP contribution in [0.15, 0.2) is 136 Å². The summed E-state index contributed by atoms with van der Waals surface area (Å²) in [7, 11) is 0. The predicted molar refractivity (Wildman–Crippen MR) is 360 cm³/mol. The summed E-state index contributed by atoms with van der Waals surface area (Å²) in [6.07, 6.45) is 25.6. The predicted octanol–water partition coefficient (Wildman–Crippen LogP) is 18.7. The second kappa shape index (κ2) is 40.1. The Balaban J connectivity index is 0.000000492. The average molecular weight is 1160 g/mol. The van der Waals surface area contributed by atoms with Crippen LogP contribution >= 0.6 is 0 Å². The number of aromatic nitrogens is 17. The molecular formula is C68H105N17. The highest BCUT2D eigenvalue weighted by atomic mass is 15.3. The van der Waals surface area contributed by atoms with E-state index < -0.39 is 0 Å². The van der Waals surface area contributed by atoms with Gasteiger partial charge in [-0.1, -0.05) is 185 Å². The zero-order valence-corrected chi connectivity index (χ0v) is 56.3. The van der Waals surface area contributed by atoms with Gasteiger partial charge < -0.3 is 15.0 Å². The summed E-state index contributed by atoms with van der Waals surface area (Å²) >= 11 is 0. The highest BCUT2D eigenvalue weighted by molar-refractivity contribution is 5.80. The fourth-order valence-electron chi connectivity index (χ4n) is 7.76. The van der Waals surface area contributed by atoms with Gasteiger partial charge in [-0.3, -0.25) is 9.38 Å². The lowest BCUT2D eigenvalue weighted by Crippen LogP contribution is -2.11. The lowest BCUT2D eigenvalue weighted by molar-refractivity contribution is 0.589. The van der Waals surface area contributed by atoms with Gasteiger partial charge in [-0.25, -0.2) is 38.9 Å². The van der Waals surface area contributed by atoms with Gasteiger partial charge >= 0.3 is 0 Å². The third-order valence-corrected chi connectivity index (χ3v) is 12.2. The second-order valence-corrected chi connectivity index (χ2v) is 20.3. The van der Waals surface area contributed by atoms with E-state index in [9.17, 15) is 0 Å². The summed E-state index contributed by atoms with van der Waals surface area (Å²) < 4.78 is 5.51. The number of rotatable bonds is 5. The molecule has 0 unspecified atom stereocenters. The van der Waals surface area contributed by atoms with Gasteiger partial charge in [0.25, 0.3) is 0 Å². The highest BCUT2D eigenvalue weighted by Gasteiger charge is 2.14. The summed E-state index contributed by atoms with van der Waals surface area (Å²) in [5.74, 6) is 2.67. The van der Waals surface area contributed by atoms with Crippen LogP contribution in [-0.4, -0.2) is 83.7 Å². The third kappa shape index (κ3) is 22.7. The van der Waals surface area contributed by atoms with Gasteiger partial charge in [0.1, 0.15) is 42.1 Å². The number of aromatic amines is 3. The first kappa shape index (κ1) is 74.8. The van der Waals surface area contributed by atoms with E-state index in [4.69, 9.17) is 0 Å². The molecule has 0 saturated carbocycles. The van der Waals surface area contributed by atoms with E-state index in [0.717, 1.165) is 44.8 Å². The third-order valence-electron chi connectivity index (χ3n) is 12.2. The van der Waals surface area contributed by atoms with Crippen molar-refractivity contribution in [3.05, 3.63) is 169 Å². The summed E-state index contributed by atoms with van der Waals surface area (Å²) in [5, 5.41) is 18.2. The number of hydrogen-bond donors (Lipinski definition) is 3. The van der Waals surface area contributed by atoms with Crippen LogP contribution in [0.5, 0.6) is 0 Å². The minimum absolute atomic E-state index is 0.174. The first-order chi connectivity index (χ1) is 41.0. The Hall–Kier alpha value is -8.21. The Kier molecular flexibility index (Phi) is 35.3. The Morgan fingerprint density at radius 2 is 0.953 bits per heavy atom. The smallest absolute Gasteiger partial charge is 0.160 e. The van der Waals surface area contributed by atoms with Crippen LogP contribution in [0.1, 0.15) is 236 Å². The van der Waals surface area contributed by atoms with Crippen LogP contribution < -0.4 is 0 Å². The minimum Gasteiger partial charge on any atom is -0.346 e. The molecule has 0 radical (unpaired) electrons. The van der Waals surface area contributed by atoms with E-state index in [-0.39, 0.29) is 5.41 Å². The summed E-state index contributed by atoms with van der Waals surface area (Å²) in [6.45, 7) is 52.2. The number of nitrogens with one attached hydrogen (secondary N) is 3. The van der Waals surface area contributed by atoms with Gasteiger partial charge in [-0.05, 0) is 99.2 Å². The van der Waals surface area contributed by atoms with E-state index in [1.807, 2.05) is 149 Å². The highest BCUT2D eigenvalue weighted by Crippen LogP contribution is 2.25. The van der Waals surface area contributed by atoms with E-state index >= 15 is 0 Å². The van der Waals surface area contributed by atoms with Crippen LogP contribution in [0.2, 0.25) is 0 Å². The number of fused-ring (bicyclic) bond motifs is 6. The molecule has 0 spiro atoms. The van der Waals surface area contributed by atoms with Crippen molar-refractivity contribution >= 4 is 50.2 Å². The van der Waals surface area contributed by atoms with Gasteiger partial charge in [0.15, 0.2) is 22.6 Å². The van der Waals surface area contributed by atoms with Crippen molar-refractivity contribution in [1.29, 1.82) is 0 Å². The van der Waals surface area contributed by atoms with Crippen molar-refractivity contribution in [2.24, 2.45) is 0 Å². The summed E-state index contributed by atoms with van der Waals surface area (Å²) in [4.78, 5) is 38.4. The van der Waals surface area contributed by atoms with E-state index in [1.165, 1.54) is 38.8 Å². The maximum atomic E-state index is 4.27. The van der Waals surface area contributed by atoms with Crippen LogP contribution in [-0.2, 0) is 5.41 Å². The van der Waals surface area contributed by atoms with Crippen molar-refractivity contribution in [3.8, 4) is 0 Å². The lowest BCUT2D eigenvalue weighted by atomic mass is 9.88. The molecule has 0 aliphatic heterocycles. The maximum absolute atomic E-state index is 4.27. The molecule has 0 aromatic carbocycles. The van der Waals surface area contributed by atoms with Gasteiger partial charge in [0.05, 0.1) is 0 Å². The minimum atomic E-state index is 0.174. The second-order valence-electron chi connectivity index (χ2n) is 20.3. The standard InChI is InChI=1S/C10H13N3.C10H12N2.4C9H11N3.6C2H6/c1-10(2,3)8-4-5-13-9(6-8)11-7-12-13;1-7(2)9-6-12-10-8(9)4-3-5-11-10;1-6(2)7-4-11-9-8(7)3-10-5-12-9;1-7(2)8-3-4-9-11-10-6-12(9)5-8;1-7(2)8-3-4-9-10-6-11-12(9)5-8;1-6(2)7-5-12-9-8(7)10-3-4-11-9;6*1-2/h4-7H,1-3H3;3-7H,1-2H3,(H,11,12);3-6H,1-2H3,(H,10,11,12);2*3-7H,1-2H3;3-6H,1-2H3,(H,11,12);6*1-2H3. The normalized spacial score (nSPS) is 10.2. The van der Waals surface area contributed by atoms with Crippen molar-refractivity contribution in [2.75, 3.05) is 0 Å². The molecule has 85 heavy (non-hydrogen) atoms. The van der Waals surface area contributed by atoms with Crippen LogP contribution in [0.4, 0.5) is 0 Å². The molecule has 17 heteroatoms. The summed E-state index contributed by atoms with van der Waals surface area (Å²) in [5.41, 5.74) is 14.4. The van der Waals surface area contributed by atoms with Crippen molar-refractivity contribution < 1.29 is 0 Å². The largest absolute Gasteiger partial charge is 0.346 e. The Bertz CT molecular complexity index is 3330. The molecule has 17 nitrogen and oxygen atoms in total. The zero-order chi connectivity index (χ0) is 64.2. The van der Waals surface area contributed by atoms with E-state index in [1.54, 1.807) is 46.7 Å². The molecule has 0 atom stereocenters. The monoisotopic (exact) mass is 1160 g/mol. The Morgan fingerprint density at radius 3 is 1.54 bits per heavy atom. The SMILES string of the molecule is CC.CC.CC.CC.CC.CC.CC(C)(C)c1ccn2ncnc2c1.CC(C)c1c[nH]c2ncccc12.CC(C)c1c[nH]c2nccnc12.CC(C)c1c[nH]c2ncncc12.CC(C)c1ccc2ncnn2c1.CC(C)c1ccc2nncn2c1. The van der Waals surface area contributed by atoms with Crippen molar-refractivity contribution in [3.63, 3.8) is 0 Å². The van der Waals surface area contributed by atoms with Crippen LogP contribution in [0.25, 0.3) is 50.2 Å². The number of H-pyrrole nitrogens is 3. The molecule has 462 valence electrons. The number of hydrogen-bond acceptors (Lipinski definition) is 11. The fourth-order valence-corrected chi connectivity index (χ4v) is 7.76. The molecule has 0 fully saturated rings. The van der Waals surface area contributed by atoms with Gasteiger partial charge in [-0.15, -0.1) is 10.2 Å². The number of pyridine rings is 4. The van der Waals surface area contributed by atoms with Crippen molar-refractivity contribution in [2.45, 2.75) is 208 Å². The molecule has 0 amide bonds. The van der Waals surface area contributed by atoms with Crippen LogP contribution in [0, 0.1) is 0 Å². The van der Waals surface area contributed by atoms with Gasteiger partial charge in [0, 0.05) is 78.3 Å². The first-order valence-corrected chi connectivity index (χ1v) is 30.8. The molecule has 12 aromatic rings. The first-order valence-electron chi connectivity index (χ1n) is 30.8. The van der Waals surface area contributed by atoms with Gasteiger partial charge in [-0.2, -0.15) is 10.2 Å². The molecule has 0 aliphatic carbocycles. The Labute approximate surface area is 508 Å². The summed E-state index contributed by atoms with van der Waals surface area (Å²) in [6, 6.07) is 16.4. The average Bonchev–Trinajstić information content (AvgIpc) is 4.63. The van der Waals surface area contributed by atoms with E-state index in [0.29, 0.717) is 29.6 Å². The molecular weight excluding hydrogens is 1050 g/mol. The van der Waals surface area contributed by atoms with E-state index in [2.05, 4.69) is 197 Å². The van der Waals surface area contributed by atoms with Crippen LogP contribution in [0.3, 0.4) is 0 Å². The van der Waals surface area contributed by atoms with Gasteiger partial charge in [0.2, 0.25) is 0 Å². The lowest BCUT2D eigenvalue weighted by Gasteiger charge is -2.18. The maximum Gasteiger partial charge on any atom is 0.160 e. The van der Waals surface area contributed by atoms with Crippen molar-refractivity contribution in [1.82, 2.24) is 83.7 Å². The molecule has 0 bridgehead atoms.